The fourth-order valence-corrected chi connectivity index (χ4v) is 1.62. The van der Waals surface area contributed by atoms with E-state index in [0.717, 1.165) is 12.0 Å². The van der Waals surface area contributed by atoms with Crippen molar-refractivity contribution in [2.75, 3.05) is 6.54 Å². The molecule has 20 heavy (non-hydrogen) atoms. The van der Waals surface area contributed by atoms with E-state index in [2.05, 4.69) is 10.6 Å². The van der Waals surface area contributed by atoms with Crippen LogP contribution in [0.4, 0.5) is 5.69 Å². The molecular weight excluding hydrogens is 258 g/mol. The van der Waals surface area contributed by atoms with Crippen LogP contribution in [0.5, 0.6) is 0 Å². The number of carbonyl (C=O) groups is 1. The first-order chi connectivity index (χ1) is 9.52. The van der Waals surface area contributed by atoms with Gasteiger partial charge in [-0.1, -0.05) is 19.1 Å². The van der Waals surface area contributed by atoms with Gasteiger partial charge in [-0.25, -0.2) is 0 Å². The van der Waals surface area contributed by atoms with Crippen molar-refractivity contribution in [1.29, 1.82) is 0 Å². The minimum atomic E-state index is -0.420. The lowest BCUT2D eigenvalue weighted by atomic mass is 10.2. The second kappa shape index (κ2) is 8.27. The molecule has 2 N–H and O–H groups in total. The topological polar surface area (TPSA) is 84.3 Å². The van der Waals surface area contributed by atoms with Crippen LogP contribution in [-0.4, -0.2) is 23.4 Å². The van der Waals surface area contributed by atoms with Crippen LogP contribution in [0.25, 0.3) is 0 Å². The average molecular weight is 279 g/mol. The molecule has 0 heterocycles. The first-order valence-corrected chi connectivity index (χ1v) is 6.76. The van der Waals surface area contributed by atoms with Gasteiger partial charge in [0.1, 0.15) is 0 Å². The Balaban J connectivity index is 2.24. The Kier molecular flexibility index (Phi) is 6.66. The van der Waals surface area contributed by atoms with Gasteiger partial charge in [-0.05, 0) is 18.9 Å². The van der Waals surface area contributed by atoms with Crippen LogP contribution in [0.3, 0.4) is 0 Å². The summed E-state index contributed by atoms with van der Waals surface area (Å²) in [6, 6.07) is 6.59. The number of nitro groups is 1. The maximum absolute atomic E-state index is 11.5. The molecule has 110 valence electrons. The lowest BCUT2D eigenvalue weighted by Crippen LogP contribution is -2.33. The molecule has 1 atom stereocenters. The normalized spacial score (nSPS) is 11.9. The van der Waals surface area contributed by atoms with E-state index in [1.165, 1.54) is 12.1 Å². The maximum atomic E-state index is 11.5. The maximum Gasteiger partial charge on any atom is 0.269 e. The monoisotopic (exact) mass is 279 g/mol. The van der Waals surface area contributed by atoms with Crippen molar-refractivity contribution >= 4 is 11.6 Å². The number of amides is 1. The van der Waals surface area contributed by atoms with Crippen molar-refractivity contribution in [2.45, 2.75) is 39.3 Å². The molecule has 0 aromatic heterocycles. The third kappa shape index (κ3) is 5.79. The lowest BCUT2D eigenvalue weighted by molar-refractivity contribution is -0.384. The molecule has 6 heteroatoms. The highest BCUT2D eigenvalue weighted by Gasteiger charge is 2.05. The quantitative estimate of drug-likeness (QED) is 0.433. The summed E-state index contributed by atoms with van der Waals surface area (Å²) in [5.41, 5.74) is 1.04. The SMILES string of the molecule is CCC(C)NC(=O)CCNCc1ccc([N+](=O)[O-])cc1. The van der Waals surface area contributed by atoms with Crippen molar-refractivity contribution in [3.05, 3.63) is 39.9 Å². The molecule has 0 aliphatic rings. The molecule has 6 nitrogen and oxygen atoms in total. The fraction of sp³-hybridized carbons (Fsp3) is 0.500. The van der Waals surface area contributed by atoms with E-state index in [0.29, 0.717) is 19.5 Å². The van der Waals surface area contributed by atoms with E-state index in [9.17, 15) is 14.9 Å². The molecule has 1 unspecified atom stereocenters. The highest BCUT2D eigenvalue weighted by molar-refractivity contribution is 5.76. The van der Waals surface area contributed by atoms with Crippen molar-refractivity contribution < 1.29 is 9.72 Å². The van der Waals surface area contributed by atoms with E-state index in [1.807, 2.05) is 13.8 Å². The molecule has 0 radical (unpaired) electrons. The number of hydrogen-bond acceptors (Lipinski definition) is 4. The zero-order chi connectivity index (χ0) is 15.0. The second-order valence-corrected chi connectivity index (χ2v) is 4.73. The van der Waals surface area contributed by atoms with Crippen LogP contribution in [0, 0.1) is 10.1 Å². The van der Waals surface area contributed by atoms with Crippen LogP contribution in [0.15, 0.2) is 24.3 Å². The number of benzene rings is 1. The highest BCUT2D eigenvalue weighted by atomic mass is 16.6. The van der Waals surface area contributed by atoms with E-state index >= 15 is 0 Å². The van der Waals surface area contributed by atoms with Crippen molar-refractivity contribution in [2.24, 2.45) is 0 Å². The van der Waals surface area contributed by atoms with Crippen molar-refractivity contribution in [1.82, 2.24) is 10.6 Å². The predicted octanol–water partition coefficient (Wildman–Crippen LogP) is 1.99. The largest absolute Gasteiger partial charge is 0.354 e. The molecule has 1 amide bonds. The average Bonchev–Trinajstić information content (AvgIpc) is 2.44. The molecule has 0 saturated heterocycles. The number of non-ortho nitro benzene ring substituents is 1. The number of rotatable bonds is 8. The Bertz CT molecular complexity index is 445. The molecule has 0 bridgehead atoms. The van der Waals surface area contributed by atoms with Gasteiger partial charge in [0.2, 0.25) is 5.91 Å². The molecule has 1 aromatic rings. The lowest BCUT2D eigenvalue weighted by Gasteiger charge is -2.11. The molecule has 1 rings (SSSR count). The molecule has 1 aromatic carbocycles. The van der Waals surface area contributed by atoms with Crippen LogP contribution in [0.1, 0.15) is 32.3 Å². The van der Waals surface area contributed by atoms with E-state index in [1.54, 1.807) is 12.1 Å². The summed E-state index contributed by atoms with van der Waals surface area (Å²) in [6.07, 6.45) is 1.35. The van der Waals surface area contributed by atoms with Gasteiger partial charge in [0.05, 0.1) is 4.92 Å². The molecule has 0 fully saturated rings. The van der Waals surface area contributed by atoms with Crippen molar-refractivity contribution in [3.63, 3.8) is 0 Å². The summed E-state index contributed by atoms with van der Waals surface area (Å²) in [5, 5.41) is 16.5. The zero-order valence-electron chi connectivity index (χ0n) is 11.9. The third-order valence-corrected chi connectivity index (χ3v) is 3.02. The molecule has 0 aliphatic carbocycles. The first-order valence-electron chi connectivity index (χ1n) is 6.76. The number of carbonyl (C=O) groups excluding carboxylic acids is 1. The summed E-state index contributed by atoms with van der Waals surface area (Å²) in [4.78, 5) is 21.6. The van der Waals surface area contributed by atoms with Gasteiger partial charge < -0.3 is 10.6 Å². The Hall–Kier alpha value is -1.95. The second-order valence-electron chi connectivity index (χ2n) is 4.73. The number of nitrogens with one attached hydrogen (secondary N) is 2. The minimum absolute atomic E-state index is 0.0375. The molecular formula is C14H21N3O3. The predicted molar refractivity (Wildman–Crippen MR) is 77.3 cm³/mol. The number of hydrogen-bond donors (Lipinski definition) is 2. The van der Waals surface area contributed by atoms with Crippen molar-refractivity contribution in [3.8, 4) is 0 Å². The van der Waals surface area contributed by atoms with Gasteiger partial charge in [0, 0.05) is 37.7 Å². The minimum Gasteiger partial charge on any atom is -0.354 e. The molecule has 0 saturated carbocycles. The Labute approximate surface area is 118 Å². The summed E-state index contributed by atoms with van der Waals surface area (Å²) in [5.74, 6) is 0.0375. The van der Waals surface area contributed by atoms with E-state index in [-0.39, 0.29) is 17.6 Å². The highest BCUT2D eigenvalue weighted by Crippen LogP contribution is 2.11. The summed E-state index contributed by atoms with van der Waals surface area (Å²) in [6.45, 7) is 5.17. The van der Waals surface area contributed by atoms with Gasteiger partial charge in [-0.15, -0.1) is 0 Å². The van der Waals surface area contributed by atoms with E-state index in [4.69, 9.17) is 0 Å². The smallest absolute Gasteiger partial charge is 0.269 e. The van der Waals surface area contributed by atoms with Gasteiger partial charge in [-0.3, -0.25) is 14.9 Å². The summed E-state index contributed by atoms with van der Waals surface area (Å²) in [7, 11) is 0. The van der Waals surface area contributed by atoms with E-state index < -0.39 is 4.92 Å². The third-order valence-electron chi connectivity index (χ3n) is 3.02. The molecule has 0 aliphatic heterocycles. The molecule has 0 spiro atoms. The van der Waals surface area contributed by atoms with Crippen LogP contribution in [-0.2, 0) is 11.3 Å². The van der Waals surface area contributed by atoms with Gasteiger partial charge in [0.15, 0.2) is 0 Å². The van der Waals surface area contributed by atoms with Gasteiger partial charge in [-0.2, -0.15) is 0 Å². The van der Waals surface area contributed by atoms with Crippen LogP contribution in [0.2, 0.25) is 0 Å². The van der Waals surface area contributed by atoms with Crippen LogP contribution < -0.4 is 10.6 Å². The Morgan fingerprint density at radius 1 is 1.35 bits per heavy atom. The summed E-state index contributed by atoms with van der Waals surface area (Å²) >= 11 is 0. The van der Waals surface area contributed by atoms with Gasteiger partial charge in [0.25, 0.3) is 5.69 Å². The standard InChI is InChI=1S/C14H21N3O3/c1-3-11(2)16-14(18)8-9-15-10-12-4-6-13(7-5-12)17(19)20/h4-7,11,15H,3,8-10H2,1-2H3,(H,16,18). The fourth-order valence-electron chi connectivity index (χ4n) is 1.62. The summed E-state index contributed by atoms with van der Waals surface area (Å²) < 4.78 is 0. The Morgan fingerprint density at radius 2 is 2.00 bits per heavy atom. The first kappa shape index (κ1) is 16.1. The number of nitrogens with zero attached hydrogens (tertiary/aromatic N) is 1. The zero-order valence-corrected chi connectivity index (χ0v) is 11.9. The Morgan fingerprint density at radius 3 is 2.55 bits per heavy atom. The van der Waals surface area contributed by atoms with Gasteiger partial charge >= 0.3 is 0 Å². The number of nitro benzene ring substituents is 1. The van der Waals surface area contributed by atoms with Crippen LogP contribution >= 0.6 is 0 Å².